The van der Waals surface area contributed by atoms with E-state index in [1.807, 2.05) is 0 Å². The Kier molecular flexibility index (Phi) is 4.01. The van der Waals surface area contributed by atoms with Crippen LogP contribution in [0.15, 0.2) is 54.4 Å². The molecule has 3 heterocycles. The molecule has 0 aliphatic rings. The Balaban J connectivity index is 1.83. The van der Waals surface area contributed by atoms with Crippen molar-refractivity contribution in [1.29, 1.82) is 0 Å². The van der Waals surface area contributed by atoms with Crippen molar-refractivity contribution in [1.82, 2.24) is 24.5 Å². The number of carbonyl (C=O) groups excluding carboxylic acids is 1. The molecule has 0 saturated carbocycles. The molecule has 0 aliphatic carbocycles. The molecule has 26 heavy (non-hydrogen) atoms. The zero-order valence-electron chi connectivity index (χ0n) is 13.0. The summed E-state index contributed by atoms with van der Waals surface area (Å²) in [5.41, 5.74) is 1.70. The summed E-state index contributed by atoms with van der Waals surface area (Å²) < 4.78 is 30.3. The molecule has 4 rings (SSSR count). The van der Waals surface area contributed by atoms with Gasteiger partial charge < -0.3 is 4.57 Å². The first-order valence-corrected chi connectivity index (χ1v) is 8.26. The first-order chi connectivity index (χ1) is 12.6. The van der Waals surface area contributed by atoms with Gasteiger partial charge in [-0.1, -0.05) is 11.3 Å². The Morgan fingerprint density at radius 3 is 2.69 bits per heavy atom. The van der Waals surface area contributed by atoms with E-state index < -0.39 is 17.5 Å². The molecule has 0 aliphatic heterocycles. The second-order valence-electron chi connectivity index (χ2n) is 5.18. The van der Waals surface area contributed by atoms with Crippen molar-refractivity contribution in [2.75, 3.05) is 5.32 Å². The number of amides is 1. The highest BCUT2D eigenvalue weighted by Crippen LogP contribution is 2.23. The minimum absolute atomic E-state index is 0.0186. The molecule has 130 valence electrons. The van der Waals surface area contributed by atoms with E-state index in [-0.39, 0.29) is 11.3 Å². The van der Waals surface area contributed by atoms with Crippen LogP contribution in [0.3, 0.4) is 0 Å². The predicted molar refractivity (Wildman–Crippen MR) is 90.7 cm³/mol. The summed E-state index contributed by atoms with van der Waals surface area (Å²) in [4.78, 5) is 12.6. The van der Waals surface area contributed by atoms with Crippen molar-refractivity contribution in [3.8, 4) is 11.5 Å². The zero-order chi connectivity index (χ0) is 18.1. The van der Waals surface area contributed by atoms with Crippen LogP contribution in [0.25, 0.3) is 11.5 Å². The fraction of sp³-hybridized carbons (Fsp3) is 0. The highest BCUT2D eigenvalue weighted by atomic mass is 32.1. The molecule has 10 heteroatoms. The van der Waals surface area contributed by atoms with E-state index in [0.29, 0.717) is 10.9 Å². The van der Waals surface area contributed by atoms with E-state index in [4.69, 9.17) is 0 Å². The molecule has 7 nitrogen and oxygen atoms in total. The molecular weight excluding hydrogens is 362 g/mol. The zero-order valence-corrected chi connectivity index (χ0v) is 13.8. The van der Waals surface area contributed by atoms with E-state index >= 15 is 0 Å². The lowest BCUT2D eigenvalue weighted by molar-refractivity contribution is 0.102. The van der Waals surface area contributed by atoms with E-state index in [0.717, 1.165) is 12.1 Å². The first kappa shape index (κ1) is 16.1. The molecule has 1 N–H and O–H groups in total. The Hall–Kier alpha value is -3.40. The lowest BCUT2D eigenvalue weighted by Crippen LogP contribution is -2.15. The lowest BCUT2D eigenvalue weighted by atomic mass is 10.2. The van der Waals surface area contributed by atoms with Crippen LogP contribution in [0.5, 0.6) is 0 Å². The fourth-order valence-corrected chi connectivity index (χ4v) is 2.89. The molecule has 3 aromatic heterocycles. The van der Waals surface area contributed by atoms with Gasteiger partial charge in [0.05, 0.1) is 6.20 Å². The van der Waals surface area contributed by atoms with Gasteiger partial charge in [0.15, 0.2) is 11.6 Å². The van der Waals surface area contributed by atoms with Crippen LogP contribution in [-0.4, -0.2) is 30.5 Å². The van der Waals surface area contributed by atoms with Crippen molar-refractivity contribution in [2.24, 2.45) is 0 Å². The molecule has 0 spiro atoms. The summed E-state index contributed by atoms with van der Waals surface area (Å²) in [5, 5.41) is 14.5. The predicted octanol–water partition coefficient (Wildman–Crippen LogP) is 3.05. The number of hydrogen-bond donors (Lipinski definition) is 1. The summed E-state index contributed by atoms with van der Waals surface area (Å²) >= 11 is 1.17. The number of nitrogens with one attached hydrogen (secondary N) is 1. The van der Waals surface area contributed by atoms with Gasteiger partial charge in [-0.15, -0.1) is 10.2 Å². The van der Waals surface area contributed by atoms with Gasteiger partial charge in [-0.2, -0.15) is 5.10 Å². The van der Waals surface area contributed by atoms with Crippen molar-refractivity contribution in [2.45, 2.75) is 0 Å². The van der Waals surface area contributed by atoms with Gasteiger partial charge in [-0.05, 0) is 24.3 Å². The van der Waals surface area contributed by atoms with Crippen molar-refractivity contribution in [3.63, 3.8) is 0 Å². The number of hydrogen-bond acceptors (Lipinski definition) is 5. The number of anilines is 1. The molecule has 0 unspecified atom stereocenters. The molecule has 0 saturated heterocycles. The van der Waals surface area contributed by atoms with Crippen molar-refractivity contribution >= 4 is 22.4 Å². The highest BCUT2D eigenvalue weighted by molar-refractivity contribution is 7.13. The average molecular weight is 372 g/mol. The number of nitrogens with zero attached hydrogens (tertiary/aromatic N) is 5. The fourth-order valence-electron chi connectivity index (χ4n) is 2.45. The van der Waals surface area contributed by atoms with Gasteiger partial charge in [0.2, 0.25) is 5.13 Å². The number of rotatable bonds is 4. The van der Waals surface area contributed by atoms with Crippen LogP contribution < -0.4 is 5.32 Å². The molecular formula is C16H10F2N6OS. The first-order valence-electron chi connectivity index (χ1n) is 7.38. The number of halogens is 2. The van der Waals surface area contributed by atoms with Crippen molar-refractivity contribution in [3.05, 3.63) is 71.6 Å². The summed E-state index contributed by atoms with van der Waals surface area (Å²) in [6, 6.07) is 6.66. The molecule has 1 aromatic carbocycles. The average Bonchev–Trinajstić information content (AvgIpc) is 3.35. The molecule has 1 amide bonds. The Bertz CT molecular complexity index is 1060. The summed E-state index contributed by atoms with van der Waals surface area (Å²) in [6.07, 6.45) is 4.70. The van der Waals surface area contributed by atoms with Crippen LogP contribution in [0.2, 0.25) is 0 Å². The smallest absolute Gasteiger partial charge is 0.262 e. The maximum atomic E-state index is 14.2. The Labute approximate surface area is 149 Å². The second kappa shape index (κ2) is 6.48. The maximum Gasteiger partial charge on any atom is 0.262 e. The summed E-state index contributed by atoms with van der Waals surface area (Å²) in [5.74, 6) is -1.66. The van der Waals surface area contributed by atoms with Gasteiger partial charge >= 0.3 is 0 Å². The lowest BCUT2D eigenvalue weighted by Gasteiger charge is -2.11. The SMILES string of the molecule is O=C(Nc1nncs1)c1cnn(-c2ccc(F)cc2F)c1-n1cccc1. The van der Waals surface area contributed by atoms with E-state index in [2.05, 4.69) is 20.6 Å². The molecule has 0 bridgehead atoms. The van der Waals surface area contributed by atoms with Gasteiger partial charge in [-0.25, -0.2) is 13.5 Å². The summed E-state index contributed by atoms with van der Waals surface area (Å²) in [6.45, 7) is 0. The minimum atomic E-state index is -0.794. The second-order valence-corrected chi connectivity index (χ2v) is 6.01. The molecule has 0 radical (unpaired) electrons. The summed E-state index contributed by atoms with van der Waals surface area (Å²) in [7, 11) is 0. The van der Waals surface area contributed by atoms with Crippen LogP contribution in [0.4, 0.5) is 13.9 Å². The van der Waals surface area contributed by atoms with Gasteiger partial charge in [0.25, 0.3) is 5.91 Å². The third-order valence-corrected chi connectivity index (χ3v) is 4.16. The standard InChI is InChI=1S/C16H10F2N6OS/c17-10-3-4-13(12(18)7-10)24-15(23-5-1-2-6-23)11(8-20-24)14(25)21-16-22-19-9-26-16/h1-9H,(H,21,22,25). The normalized spacial score (nSPS) is 10.8. The number of benzene rings is 1. The van der Waals surface area contributed by atoms with Gasteiger partial charge in [-0.3, -0.25) is 10.1 Å². The molecule has 0 atom stereocenters. The molecule has 4 aromatic rings. The largest absolute Gasteiger partial charge is 0.308 e. The minimum Gasteiger partial charge on any atom is -0.308 e. The molecule has 0 fully saturated rings. The quantitative estimate of drug-likeness (QED) is 0.597. The van der Waals surface area contributed by atoms with Crippen molar-refractivity contribution < 1.29 is 13.6 Å². The topological polar surface area (TPSA) is 77.6 Å². The van der Waals surface area contributed by atoms with Crippen LogP contribution >= 0.6 is 11.3 Å². The van der Waals surface area contributed by atoms with Gasteiger partial charge in [0.1, 0.15) is 22.6 Å². The van der Waals surface area contributed by atoms with Gasteiger partial charge in [0, 0.05) is 18.5 Å². The monoisotopic (exact) mass is 372 g/mol. The third-order valence-electron chi connectivity index (χ3n) is 3.56. The highest BCUT2D eigenvalue weighted by Gasteiger charge is 2.22. The van der Waals surface area contributed by atoms with Crippen LogP contribution in [0, 0.1) is 11.6 Å². The third kappa shape index (κ3) is 2.86. The van der Waals surface area contributed by atoms with E-state index in [1.165, 1.54) is 33.8 Å². The van der Waals surface area contributed by atoms with Crippen LogP contribution in [-0.2, 0) is 0 Å². The van der Waals surface area contributed by atoms with Crippen LogP contribution in [0.1, 0.15) is 10.4 Å². The number of carbonyl (C=O) groups is 1. The van der Waals surface area contributed by atoms with E-state index in [9.17, 15) is 13.6 Å². The Morgan fingerprint density at radius 2 is 2.00 bits per heavy atom. The number of aromatic nitrogens is 5. The maximum absolute atomic E-state index is 14.2. The van der Waals surface area contributed by atoms with E-state index in [1.54, 1.807) is 29.1 Å². The Morgan fingerprint density at radius 1 is 1.19 bits per heavy atom.